The van der Waals surface area contributed by atoms with Gasteiger partial charge in [-0.25, -0.2) is 8.42 Å². The Morgan fingerprint density at radius 2 is 1.89 bits per heavy atom. The minimum absolute atomic E-state index is 0.0373. The number of likely N-dealkylation sites (tertiary alicyclic amines) is 1. The van der Waals surface area contributed by atoms with Crippen LogP contribution in [-0.4, -0.2) is 43.3 Å². The number of sulfonamides is 1. The van der Waals surface area contributed by atoms with Gasteiger partial charge in [0.15, 0.2) is 0 Å². The Morgan fingerprint density at radius 3 is 2.64 bits per heavy atom. The van der Waals surface area contributed by atoms with Crippen molar-refractivity contribution < 1.29 is 8.42 Å². The van der Waals surface area contributed by atoms with Gasteiger partial charge in [0.1, 0.15) is 5.69 Å². The highest BCUT2D eigenvalue weighted by Crippen LogP contribution is 2.36. The number of piperidine rings is 1. The predicted molar refractivity (Wildman–Crippen MR) is 112 cm³/mol. The summed E-state index contributed by atoms with van der Waals surface area (Å²) in [6, 6.07) is 3.64. The first-order valence-corrected chi connectivity index (χ1v) is 12.6. The van der Waals surface area contributed by atoms with Crippen LogP contribution in [-0.2, 0) is 16.6 Å². The smallest absolute Gasteiger partial charge is 0.275 e. The number of hydrogen-bond donors (Lipinski definition) is 1. The van der Waals surface area contributed by atoms with E-state index in [4.69, 9.17) is 0 Å². The first-order chi connectivity index (χ1) is 13.4. The van der Waals surface area contributed by atoms with Gasteiger partial charge in [0, 0.05) is 37.8 Å². The summed E-state index contributed by atoms with van der Waals surface area (Å²) in [5.41, 5.74) is 1.08. The Kier molecular flexibility index (Phi) is 5.83. The van der Waals surface area contributed by atoms with E-state index in [1.54, 1.807) is 6.07 Å². The Hall–Kier alpha value is -1.34. The number of fused-ring (bicyclic) bond motifs is 4. The molecule has 0 spiro atoms. The van der Waals surface area contributed by atoms with Gasteiger partial charge >= 0.3 is 0 Å². The topological polar surface area (TPSA) is 71.4 Å². The lowest BCUT2D eigenvalue weighted by Crippen LogP contribution is -2.48. The molecule has 0 aromatic carbocycles. The maximum absolute atomic E-state index is 12.9. The van der Waals surface area contributed by atoms with E-state index in [1.807, 2.05) is 17.6 Å². The van der Waals surface area contributed by atoms with Crippen molar-refractivity contribution >= 4 is 15.7 Å². The predicted octanol–water partition coefficient (Wildman–Crippen LogP) is 3.00. The normalized spacial score (nSPS) is 26.0. The first-order valence-electron chi connectivity index (χ1n) is 10.9. The SMILES string of the molecule is CCCS(=O)(=O)Nc1ccc2n(c1=O)C[C@H]1C[C@@H]2CN(CC2CCCCC2)C1. The Balaban J connectivity index is 1.51. The van der Waals surface area contributed by atoms with Gasteiger partial charge in [-0.05, 0) is 49.7 Å². The first kappa shape index (κ1) is 20.0. The van der Waals surface area contributed by atoms with Gasteiger partial charge < -0.3 is 9.47 Å². The van der Waals surface area contributed by atoms with Crippen LogP contribution in [0.4, 0.5) is 5.69 Å². The molecular weight excluding hydrogens is 374 g/mol. The molecule has 28 heavy (non-hydrogen) atoms. The third-order valence-electron chi connectivity index (χ3n) is 6.66. The molecule has 2 fully saturated rings. The fraction of sp³-hybridized carbons (Fsp3) is 0.762. The van der Waals surface area contributed by atoms with Crippen molar-refractivity contribution in [2.24, 2.45) is 11.8 Å². The molecule has 3 aliphatic rings. The van der Waals surface area contributed by atoms with Crippen molar-refractivity contribution in [2.75, 3.05) is 30.1 Å². The fourth-order valence-electron chi connectivity index (χ4n) is 5.49. The highest BCUT2D eigenvalue weighted by molar-refractivity contribution is 7.92. The Morgan fingerprint density at radius 1 is 1.11 bits per heavy atom. The second-order valence-electron chi connectivity index (χ2n) is 9.03. The number of pyridine rings is 1. The van der Waals surface area contributed by atoms with E-state index >= 15 is 0 Å². The maximum Gasteiger partial charge on any atom is 0.275 e. The molecule has 1 saturated carbocycles. The second-order valence-corrected chi connectivity index (χ2v) is 10.9. The summed E-state index contributed by atoms with van der Waals surface area (Å²) >= 11 is 0. The van der Waals surface area contributed by atoms with Gasteiger partial charge in [0.25, 0.3) is 5.56 Å². The lowest BCUT2D eigenvalue weighted by Gasteiger charge is -2.44. The molecule has 2 aliphatic heterocycles. The van der Waals surface area contributed by atoms with Crippen molar-refractivity contribution in [1.29, 1.82) is 0 Å². The number of rotatable bonds is 6. The van der Waals surface area contributed by atoms with E-state index < -0.39 is 10.0 Å². The van der Waals surface area contributed by atoms with Crippen LogP contribution in [0.2, 0.25) is 0 Å². The molecule has 1 N–H and O–H groups in total. The number of nitrogens with zero attached hydrogens (tertiary/aromatic N) is 2. The summed E-state index contributed by atoms with van der Waals surface area (Å²) in [4.78, 5) is 15.6. The number of aromatic nitrogens is 1. The number of anilines is 1. The lowest BCUT2D eigenvalue weighted by atomic mass is 9.81. The van der Waals surface area contributed by atoms with Gasteiger partial charge in [-0.1, -0.05) is 26.2 Å². The van der Waals surface area contributed by atoms with E-state index in [0.717, 1.165) is 31.1 Å². The Labute approximate surface area is 168 Å². The molecule has 1 aromatic heterocycles. The molecule has 1 aromatic rings. The average molecular weight is 408 g/mol. The molecule has 0 unspecified atom stereocenters. The van der Waals surface area contributed by atoms with Crippen LogP contribution < -0.4 is 10.3 Å². The van der Waals surface area contributed by atoms with Crippen LogP contribution >= 0.6 is 0 Å². The summed E-state index contributed by atoms with van der Waals surface area (Å²) in [5.74, 6) is 1.74. The molecule has 6 nitrogen and oxygen atoms in total. The molecule has 0 amide bonds. The summed E-state index contributed by atoms with van der Waals surface area (Å²) < 4.78 is 28.5. The van der Waals surface area contributed by atoms with Crippen LogP contribution in [0.5, 0.6) is 0 Å². The summed E-state index contributed by atoms with van der Waals surface area (Å²) in [5, 5.41) is 0. The van der Waals surface area contributed by atoms with Crippen LogP contribution in [0.1, 0.15) is 63.5 Å². The van der Waals surface area contributed by atoms with E-state index in [9.17, 15) is 13.2 Å². The monoisotopic (exact) mass is 407 g/mol. The largest absolute Gasteiger partial charge is 0.310 e. The number of hydrogen-bond acceptors (Lipinski definition) is 4. The van der Waals surface area contributed by atoms with E-state index in [0.29, 0.717) is 24.8 Å². The summed E-state index contributed by atoms with van der Waals surface area (Å²) in [6.45, 7) is 5.80. The molecule has 7 heteroatoms. The lowest BCUT2D eigenvalue weighted by molar-refractivity contribution is 0.0968. The average Bonchev–Trinajstić information content (AvgIpc) is 2.65. The molecule has 1 aliphatic carbocycles. The molecule has 0 radical (unpaired) electrons. The standard InChI is InChI=1S/C21H33N3O3S/c1-2-10-28(26,27)22-19-8-9-20-18-11-17(14-24(20)21(19)25)13-23(15-18)12-16-6-4-3-5-7-16/h8-9,16-18,22H,2-7,10-15H2,1H3/t17-,18+/m0/s1. The van der Waals surface area contributed by atoms with Crippen molar-refractivity contribution in [2.45, 2.75) is 64.3 Å². The third-order valence-corrected chi connectivity index (χ3v) is 8.14. The molecule has 2 atom stereocenters. The van der Waals surface area contributed by atoms with Crippen molar-refractivity contribution in [3.05, 3.63) is 28.2 Å². The van der Waals surface area contributed by atoms with Crippen LogP contribution in [0.3, 0.4) is 0 Å². The van der Waals surface area contributed by atoms with E-state index in [-0.39, 0.29) is 17.0 Å². The molecule has 2 bridgehead atoms. The quantitative estimate of drug-likeness (QED) is 0.787. The minimum Gasteiger partial charge on any atom is -0.310 e. The second kappa shape index (κ2) is 8.19. The third kappa shape index (κ3) is 4.30. The van der Waals surface area contributed by atoms with Gasteiger partial charge in [0.2, 0.25) is 10.0 Å². The molecule has 1 saturated heterocycles. The number of nitrogens with one attached hydrogen (secondary N) is 1. The van der Waals surface area contributed by atoms with Crippen molar-refractivity contribution in [3.8, 4) is 0 Å². The molecule has 156 valence electrons. The van der Waals surface area contributed by atoms with Gasteiger partial charge in [-0.15, -0.1) is 0 Å². The molecular formula is C21H33N3O3S. The van der Waals surface area contributed by atoms with Gasteiger partial charge in [-0.2, -0.15) is 0 Å². The van der Waals surface area contributed by atoms with Gasteiger partial charge in [-0.3, -0.25) is 9.52 Å². The zero-order chi connectivity index (χ0) is 19.7. The van der Waals surface area contributed by atoms with Crippen LogP contribution in [0, 0.1) is 11.8 Å². The minimum atomic E-state index is -3.45. The van der Waals surface area contributed by atoms with Crippen LogP contribution in [0.15, 0.2) is 16.9 Å². The molecule has 4 rings (SSSR count). The van der Waals surface area contributed by atoms with Gasteiger partial charge in [0.05, 0.1) is 5.75 Å². The fourth-order valence-corrected chi connectivity index (χ4v) is 6.62. The van der Waals surface area contributed by atoms with Crippen molar-refractivity contribution in [1.82, 2.24) is 9.47 Å². The van der Waals surface area contributed by atoms with E-state index in [2.05, 4.69) is 9.62 Å². The zero-order valence-electron chi connectivity index (χ0n) is 16.9. The van der Waals surface area contributed by atoms with E-state index in [1.165, 1.54) is 38.6 Å². The summed E-state index contributed by atoms with van der Waals surface area (Å²) in [7, 11) is -3.45. The highest BCUT2D eigenvalue weighted by atomic mass is 32.2. The van der Waals surface area contributed by atoms with Crippen molar-refractivity contribution in [3.63, 3.8) is 0 Å². The zero-order valence-corrected chi connectivity index (χ0v) is 17.7. The van der Waals surface area contributed by atoms with Crippen LogP contribution in [0.25, 0.3) is 0 Å². The molecule has 3 heterocycles. The maximum atomic E-state index is 12.9. The highest BCUT2D eigenvalue weighted by Gasteiger charge is 2.35. The Bertz CT molecular complexity index is 858. The summed E-state index contributed by atoms with van der Waals surface area (Å²) in [6.07, 6.45) is 8.54.